The van der Waals surface area contributed by atoms with Crippen molar-refractivity contribution in [1.29, 1.82) is 0 Å². The van der Waals surface area contributed by atoms with Crippen LogP contribution in [-0.2, 0) is 30.2 Å². The zero-order valence-electron chi connectivity index (χ0n) is 22.0. The summed E-state index contributed by atoms with van der Waals surface area (Å²) in [4.78, 5) is 27.5. The van der Waals surface area contributed by atoms with Crippen LogP contribution in [0.1, 0.15) is 35.3 Å². The van der Waals surface area contributed by atoms with Crippen LogP contribution in [0.5, 0.6) is 11.5 Å². The van der Waals surface area contributed by atoms with Gasteiger partial charge in [0.1, 0.15) is 37.5 Å². The highest BCUT2D eigenvalue weighted by atomic mass is 19.4. The zero-order valence-corrected chi connectivity index (χ0v) is 22.0. The summed E-state index contributed by atoms with van der Waals surface area (Å²) in [6.07, 6.45) is -3.77. The molecule has 0 saturated carbocycles. The first kappa shape index (κ1) is 29.7. The van der Waals surface area contributed by atoms with Crippen molar-refractivity contribution in [2.45, 2.75) is 19.2 Å². The fraction of sp³-hybridized carbons (Fsp3) is 0.214. The Morgan fingerprint density at radius 1 is 0.875 bits per heavy atom. The molecule has 3 aromatic carbocycles. The Balaban J connectivity index is 1.74. The van der Waals surface area contributed by atoms with Crippen LogP contribution in [0, 0.1) is 0 Å². The molecule has 9 nitrogen and oxygen atoms in total. The van der Waals surface area contributed by atoms with Crippen LogP contribution in [0.4, 0.5) is 13.2 Å². The van der Waals surface area contributed by atoms with Gasteiger partial charge < -0.3 is 24.0 Å². The van der Waals surface area contributed by atoms with Gasteiger partial charge in [-0.25, -0.2) is 4.79 Å². The molecule has 0 spiro atoms. The van der Waals surface area contributed by atoms with E-state index in [0.29, 0.717) is 28.2 Å². The number of methoxy groups -OCH3 is 1. The molecule has 0 aliphatic carbocycles. The number of oxime groups is 3. The third kappa shape index (κ3) is 7.82. The van der Waals surface area contributed by atoms with Crippen molar-refractivity contribution < 1.29 is 42.0 Å². The molecule has 1 atom stereocenters. The fourth-order valence-electron chi connectivity index (χ4n) is 3.49. The topological polar surface area (TPSA) is 100 Å². The van der Waals surface area contributed by atoms with Gasteiger partial charge in [0.25, 0.3) is 0 Å². The van der Waals surface area contributed by atoms with Crippen molar-refractivity contribution in [3.63, 3.8) is 0 Å². The maximum absolute atomic E-state index is 13.0. The van der Waals surface area contributed by atoms with E-state index in [2.05, 4.69) is 15.5 Å². The first-order valence-corrected chi connectivity index (χ1v) is 11.7. The minimum Gasteiger partial charge on any atom is -0.464 e. The van der Waals surface area contributed by atoms with Gasteiger partial charge in [0.2, 0.25) is 0 Å². The van der Waals surface area contributed by atoms with Gasteiger partial charge in [-0.15, -0.1) is 0 Å². The summed E-state index contributed by atoms with van der Waals surface area (Å²) >= 11 is 0. The van der Waals surface area contributed by atoms with E-state index in [1.165, 1.54) is 39.7 Å². The fourth-order valence-corrected chi connectivity index (χ4v) is 3.49. The zero-order chi connectivity index (χ0) is 29.1. The Kier molecular flexibility index (Phi) is 10.2. The van der Waals surface area contributed by atoms with Crippen LogP contribution >= 0.6 is 0 Å². The smallest absolute Gasteiger partial charge is 0.416 e. The van der Waals surface area contributed by atoms with Crippen LogP contribution in [0.25, 0.3) is 0 Å². The van der Waals surface area contributed by atoms with Crippen molar-refractivity contribution in [3.8, 4) is 11.5 Å². The van der Waals surface area contributed by atoms with Crippen LogP contribution in [0.15, 0.2) is 88.3 Å². The van der Waals surface area contributed by atoms with Crippen LogP contribution in [0.2, 0.25) is 0 Å². The molecule has 0 bridgehead atoms. The summed E-state index contributed by atoms with van der Waals surface area (Å²) < 4.78 is 49.3. The van der Waals surface area contributed by atoms with Gasteiger partial charge >= 0.3 is 12.1 Å². The molecule has 40 heavy (non-hydrogen) atoms. The standard InChI is InChI=1S/C28H26F3N3O6/c1-18(23-10-5-6-11-24(23)26(34-38-4)27(35)36-2)40-32-17-25(33-37-3)19-12-14-21(15-13-19)39-22-9-7-8-20(16-22)28(29,30)31/h5-18H,1-4H3. The summed E-state index contributed by atoms with van der Waals surface area (Å²) in [7, 11) is 3.92. The van der Waals surface area contributed by atoms with Crippen molar-refractivity contribution in [2.24, 2.45) is 15.5 Å². The first-order chi connectivity index (χ1) is 19.2. The molecule has 3 rings (SSSR count). The summed E-state index contributed by atoms with van der Waals surface area (Å²) in [6.45, 7) is 1.73. The molecule has 0 heterocycles. The van der Waals surface area contributed by atoms with E-state index in [4.69, 9.17) is 24.0 Å². The second kappa shape index (κ2) is 13.8. The summed E-state index contributed by atoms with van der Waals surface area (Å²) in [6, 6.07) is 17.9. The van der Waals surface area contributed by atoms with Crippen LogP contribution < -0.4 is 4.74 Å². The lowest BCUT2D eigenvalue weighted by atomic mass is 9.99. The Morgan fingerprint density at radius 3 is 2.23 bits per heavy atom. The predicted molar refractivity (Wildman–Crippen MR) is 142 cm³/mol. The molecule has 0 N–H and O–H groups in total. The number of ether oxygens (including phenoxy) is 2. The van der Waals surface area contributed by atoms with Gasteiger partial charge in [-0.3, -0.25) is 0 Å². The third-order valence-corrected chi connectivity index (χ3v) is 5.35. The molecule has 210 valence electrons. The van der Waals surface area contributed by atoms with Gasteiger partial charge in [0.15, 0.2) is 5.71 Å². The normalized spacial score (nSPS) is 13.1. The lowest BCUT2D eigenvalue weighted by molar-refractivity contribution is -0.137. The summed E-state index contributed by atoms with van der Waals surface area (Å²) in [5.74, 6) is -0.319. The Hall–Kier alpha value is -4.87. The Bertz CT molecular complexity index is 1390. The quantitative estimate of drug-likeness (QED) is 0.160. The maximum Gasteiger partial charge on any atom is 0.416 e. The minimum absolute atomic E-state index is 0.0332. The van der Waals surface area contributed by atoms with Crippen LogP contribution in [0.3, 0.4) is 0 Å². The van der Waals surface area contributed by atoms with Gasteiger partial charge in [0.05, 0.1) is 18.9 Å². The molecule has 0 fully saturated rings. The number of carbonyl (C=O) groups excluding carboxylic acids is 1. The lowest BCUT2D eigenvalue weighted by Crippen LogP contribution is -2.20. The molecule has 0 saturated heterocycles. The molecular weight excluding hydrogens is 531 g/mol. The summed E-state index contributed by atoms with van der Waals surface area (Å²) in [5, 5.41) is 11.7. The van der Waals surface area contributed by atoms with E-state index in [0.717, 1.165) is 12.1 Å². The first-order valence-electron chi connectivity index (χ1n) is 11.7. The number of halogens is 3. The highest BCUT2D eigenvalue weighted by molar-refractivity contribution is 6.43. The number of esters is 1. The average Bonchev–Trinajstić information content (AvgIpc) is 2.95. The molecule has 0 amide bonds. The van der Waals surface area contributed by atoms with E-state index >= 15 is 0 Å². The number of nitrogens with zero attached hydrogens (tertiary/aromatic N) is 3. The molecule has 0 aliphatic rings. The number of carbonyl (C=O) groups is 1. The van der Waals surface area contributed by atoms with Crippen molar-refractivity contribution in [2.75, 3.05) is 21.3 Å². The maximum atomic E-state index is 13.0. The van der Waals surface area contributed by atoms with E-state index in [1.807, 2.05) is 0 Å². The highest BCUT2D eigenvalue weighted by Crippen LogP contribution is 2.32. The van der Waals surface area contributed by atoms with Gasteiger partial charge in [-0.05, 0) is 49.4 Å². The molecule has 0 radical (unpaired) electrons. The number of hydrogen-bond donors (Lipinski definition) is 0. The molecule has 1 unspecified atom stereocenters. The number of alkyl halides is 3. The molecule has 12 heteroatoms. The number of benzene rings is 3. The van der Waals surface area contributed by atoms with E-state index in [9.17, 15) is 18.0 Å². The van der Waals surface area contributed by atoms with Gasteiger partial charge in [-0.2, -0.15) is 13.2 Å². The average molecular weight is 558 g/mol. The van der Waals surface area contributed by atoms with Gasteiger partial charge in [-0.1, -0.05) is 45.8 Å². The SMILES string of the molecule is CON=C(C=NOC(C)c1ccccc1C(=NOC)C(=O)OC)c1ccc(Oc2cccc(C(F)(F)F)c2)cc1. The second-order valence-corrected chi connectivity index (χ2v) is 7.99. The van der Waals surface area contributed by atoms with E-state index in [1.54, 1.807) is 55.5 Å². The number of hydrogen-bond acceptors (Lipinski definition) is 9. The lowest BCUT2D eigenvalue weighted by Gasteiger charge is -2.15. The third-order valence-electron chi connectivity index (χ3n) is 5.35. The monoisotopic (exact) mass is 557 g/mol. The minimum atomic E-state index is -4.48. The number of rotatable bonds is 11. The summed E-state index contributed by atoms with van der Waals surface area (Å²) in [5.41, 5.74) is 1.07. The molecular formula is C28H26F3N3O6. The Morgan fingerprint density at radius 2 is 1.57 bits per heavy atom. The van der Waals surface area contributed by atoms with Crippen LogP contribution in [-0.4, -0.2) is 44.9 Å². The predicted octanol–water partition coefficient (Wildman–Crippen LogP) is 6.14. The van der Waals surface area contributed by atoms with Crippen molar-refractivity contribution in [1.82, 2.24) is 0 Å². The molecule has 0 aliphatic heterocycles. The van der Waals surface area contributed by atoms with Gasteiger partial charge in [0, 0.05) is 16.7 Å². The largest absolute Gasteiger partial charge is 0.464 e. The van der Waals surface area contributed by atoms with E-state index < -0.39 is 23.8 Å². The van der Waals surface area contributed by atoms with E-state index in [-0.39, 0.29) is 11.5 Å². The highest BCUT2D eigenvalue weighted by Gasteiger charge is 2.30. The molecule has 3 aromatic rings. The van der Waals surface area contributed by atoms with Crippen molar-refractivity contribution >= 4 is 23.6 Å². The Labute approximate surface area is 228 Å². The second-order valence-electron chi connectivity index (χ2n) is 7.99. The molecule has 0 aromatic heterocycles. The van der Waals surface area contributed by atoms with Crippen molar-refractivity contribution in [3.05, 3.63) is 95.1 Å².